The first kappa shape index (κ1) is 20.6. The highest BCUT2D eigenvalue weighted by Crippen LogP contribution is 2.31. The molecule has 30 heavy (non-hydrogen) atoms. The second-order valence-corrected chi connectivity index (χ2v) is 9.32. The average molecular weight is 430 g/mol. The van der Waals surface area contributed by atoms with Crippen LogP contribution in [0.25, 0.3) is 11.4 Å². The largest absolute Gasteiger partial charge is 0.495 e. The molecule has 6 nitrogen and oxygen atoms in total. The molecule has 2 aromatic carbocycles. The number of halogens is 1. The Bertz CT molecular complexity index is 1110. The van der Waals surface area contributed by atoms with E-state index in [2.05, 4.69) is 9.55 Å². The number of sulfonamides is 1. The Kier molecular flexibility index (Phi) is 5.87. The minimum absolute atomic E-state index is 0.121. The quantitative estimate of drug-likeness (QED) is 0.598. The molecule has 1 saturated heterocycles. The maximum absolute atomic E-state index is 13.7. The van der Waals surface area contributed by atoms with Gasteiger partial charge in [-0.1, -0.05) is 30.3 Å². The molecule has 0 N–H and O–H groups in total. The standard InChI is InChI=1S/C22H24FN3O3S/c1-29-20-8-7-19(23)15-21(20)30(27,28)26-12-9-17(10-13-26)16-25-14-11-24-22(25)18-5-3-2-4-6-18/h2-8,11,14-15,17H,9-10,12-13,16H2,1H3. The van der Waals surface area contributed by atoms with Crippen molar-refractivity contribution in [1.82, 2.24) is 13.9 Å². The minimum atomic E-state index is -3.81. The predicted molar refractivity (Wildman–Crippen MR) is 112 cm³/mol. The third kappa shape index (κ3) is 4.11. The highest BCUT2D eigenvalue weighted by Gasteiger charge is 2.32. The summed E-state index contributed by atoms with van der Waals surface area (Å²) >= 11 is 0. The van der Waals surface area contributed by atoms with Crippen LogP contribution in [0.15, 0.2) is 65.8 Å². The van der Waals surface area contributed by atoms with Crippen LogP contribution in [0.2, 0.25) is 0 Å². The first-order valence-electron chi connectivity index (χ1n) is 9.89. The SMILES string of the molecule is COc1ccc(F)cc1S(=O)(=O)N1CCC(Cn2ccnc2-c2ccccc2)CC1. The third-order valence-corrected chi connectivity index (χ3v) is 7.44. The molecule has 0 amide bonds. The third-order valence-electron chi connectivity index (χ3n) is 5.52. The fourth-order valence-corrected chi connectivity index (χ4v) is 5.54. The number of piperidine rings is 1. The number of hydrogen-bond acceptors (Lipinski definition) is 4. The number of nitrogens with zero attached hydrogens (tertiary/aromatic N) is 3. The van der Waals surface area contributed by atoms with Gasteiger partial charge in [0.15, 0.2) is 0 Å². The van der Waals surface area contributed by atoms with Gasteiger partial charge in [0.2, 0.25) is 10.0 Å². The molecular formula is C22H24FN3O3S. The van der Waals surface area contributed by atoms with Gasteiger partial charge in [-0.05, 0) is 37.0 Å². The summed E-state index contributed by atoms with van der Waals surface area (Å²) in [6.07, 6.45) is 5.20. The van der Waals surface area contributed by atoms with Crippen molar-refractivity contribution in [2.45, 2.75) is 24.3 Å². The molecule has 0 aliphatic carbocycles. The van der Waals surface area contributed by atoms with Crippen molar-refractivity contribution in [2.24, 2.45) is 5.92 Å². The first-order chi connectivity index (χ1) is 14.5. The number of aromatic nitrogens is 2. The van der Waals surface area contributed by atoms with E-state index >= 15 is 0 Å². The molecule has 0 bridgehead atoms. The lowest BCUT2D eigenvalue weighted by atomic mass is 9.98. The number of rotatable bonds is 6. The van der Waals surface area contributed by atoms with Crippen LogP contribution in [0, 0.1) is 11.7 Å². The summed E-state index contributed by atoms with van der Waals surface area (Å²) in [7, 11) is -2.43. The zero-order valence-corrected chi connectivity index (χ0v) is 17.6. The Labute approximate surface area is 176 Å². The molecule has 0 saturated carbocycles. The van der Waals surface area contributed by atoms with E-state index in [9.17, 15) is 12.8 Å². The molecule has 1 aromatic heterocycles. The highest BCUT2D eigenvalue weighted by atomic mass is 32.2. The molecule has 1 aliphatic rings. The number of ether oxygens (including phenoxy) is 1. The number of imidazole rings is 1. The Morgan fingerprint density at radius 3 is 2.57 bits per heavy atom. The number of methoxy groups -OCH3 is 1. The Balaban J connectivity index is 1.45. The van der Waals surface area contributed by atoms with Crippen molar-refractivity contribution in [3.63, 3.8) is 0 Å². The van der Waals surface area contributed by atoms with Gasteiger partial charge in [0, 0.05) is 37.6 Å². The van der Waals surface area contributed by atoms with E-state index in [-0.39, 0.29) is 10.6 Å². The van der Waals surface area contributed by atoms with Gasteiger partial charge >= 0.3 is 0 Å². The van der Waals surface area contributed by atoms with Crippen LogP contribution >= 0.6 is 0 Å². The summed E-state index contributed by atoms with van der Waals surface area (Å²) in [5, 5.41) is 0. The van der Waals surface area contributed by atoms with Gasteiger partial charge in [-0.25, -0.2) is 17.8 Å². The monoisotopic (exact) mass is 429 g/mol. The Hall–Kier alpha value is -2.71. The second kappa shape index (κ2) is 8.57. The van der Waals surface area contributed by atoms with Gasteiger partial charge in [0.05, 0.1) is 7.11 Å². The number of benzene rings is 2. The molecule has 4 rings (SSSR count). The molecule has 0 spiro atoms. The second-order valence-electron chi connectivity index (χ2n) is 7.41. The van der Waals surface area contributed by atoms with Crippen LogP contribution in [-0.4, -0.2) is 42.5 Å². The van der Waals surface area contributed by atoms with Gasteiger partial charge in [0.25, 0.3) is 0 Å². The summed E-state index contributed by atoms with van der Waals surface area (Å²) in [6.45, 7) is 1.56. The number of hydrogen-bond donors (Lipinski definition) is 0. The van der Waals surface area contributed by atoms with Crippen molar-refractivity contribution >= 4 is 10.0 Å². The molecule has 3 aromatic rings. The summed E-state index contributed by atoms with van der Waals surface area (Å²) in [6, 6.07) is 13.6. The van der Waals surface area contributed by atoms with E-state index in [1.165, 1.54) is 23.5 Å². The molecule has 1 fully saturated rings. The summed E-state index contributed by atoms with van der Waals surface area (Å²) < 4.78 is 48.5. The molecule has 0 unspecified atom stereocenters. The van der Waals surface area contributed by atoms with E-state index in [0.717, 1.165) is 36.8 Å². The average Bonchev–Trinajstić information content (AvgIpc) is 3.23. The molecule has 8 heteroatoms. The lowest BCUT2D eigenvalue weighted by molar-refractivity contribution is 0.253. The van der Waals surface area contributed by atoms with Crippen molar-refractivity contribution in [2.75, 3.05) is 20.2 Å². The van der Waals surface area contributed by atoms with Gasteiger partial charge < -0.3 is 9.30 Å². The van der Waals surface area contributed by atoms with E-state index in [4.69, 9.17) is 4.74 Å². The van der Waals surface area contributed by atoms with Crippen molar-refractivity contribution in [1.29, 1.82) is 0 Å². The first-order valence-corrected chi connectivity index (χ1v) is 11.3. The van der Waals surface area contributed by atoms with Gasteiger partial charge in [-0.3, -0.25) is 0 Å². The van der Waals surface area contributed by atoms with Gasteiger partial charge in [-0.2, -0.15) is 4.31 Å². The van der Waals surface area contributed by atoms with Crippen LogP contribution < -0.4 is 4.74 Å². The lowest BCUT2D eigenvalue weighted by Gasteiger charge is -2.32. The van der Waals surface area contributed by atoms with E-state index in [1.54, 1.807) is 6.20 Å². The molecule has 1 aliphatic heterocycles. The normalized spacial score (nSPS) is 15.9. The fourth-order valence-electron chi connectivity index (χ4n) is 3.91. The smallest absolute Gasteiger partial charge is 0.246 e. The van der Waals surface area contributed by atoms with Crippen LogP contribution in [0.4, 0.5) is 4.39 Å². The van der Waals surface area contributed by atoms with Crippen LogP contribution in [0.1, 0.15) is 12.8 Å². The topological polar surface area (TPSA) is 64.4 Å². The molecule has 0 radical (unpaired) electrons. The van der Waals surface area contributed by atoms with E-state index in [1.807, 2.05) is 36.5 Å². The van der Waals surface area contributed by atoms with Crippen LogP contribution in [0.3, 0.4) is 0 Å². The summed E-state index contributed by atoms with van der Waals surface area (Å²) in [4.78, 5) is 4.36. The fraction of sp³-hybridized carbons (Fsp3) is 0.318. The summed E-state index contributed by atoms with van der Waals surface area (Å²) in [5.41, 5.74) is 1.06. The maximum Gasteiger partial charge on any atom is 0.246 e. The molecular weight excluding hydrogens is 405 g/mol. The minimum Gasteiger partial charge on any atom is -0.495 e. The van der Waals surface area contributed by atoms with Crippen molar-refractivity contribution < 1.29 is 17.5 Å². The predicted octanol–water partition coefficient (Wildman–Crippen LogP) is 3.80. The van der Waals surface area contributed by atoms with E-state index in [0.29, 0.717) is 19.0 Å². The van der Waals surface area contributed by atoms with E-state index < -0.39 is 15.8 Å². The van der Waals surface area contributed by atoms with Crippen LogP contribution in [-0.2, 0) is 16.6 Å². The highest BCUT2D eigenvalue weighted by molar-refractivity contribution is 7.89. The van der Waals surface area contributed by atoms with Gasteiger partial charge in [-0.15, -0.1) is 0 Å². The molecule has 2 heterocycles. The van der Waals surface area contributed by atoms with Gasteiger partial charge in [0.1, 0.15) is 22.3 Å². The zero-order valence-electron chi connectivity index (χ0n) is 16.7. The Morgan fingerprint density at radius 2 is 1.87 bits per heavy atom. The molecule has 0 atom stereocenters. The zero-order chi connectivity index (χ0) is 21.1. The van der Waals surface area contributed by atoms with Crippen molar-refractivity contribution in [3.05, 3.63) is 66.7 Å². The maximum atomic E-state index is 13.7. The lowest BCUT2D eigenvalue weighted by Crippen LogP contribution is -2.39. The molecule has 158 valence electrons. The van der Waals surface area contributed by atoms with Crippen molar-refractivity contribution in [3.8, 4) is 17.1 Å². The van der Waals surface area contributed by atoms with Crippen LogP contribution in [0.5, 0.6) is 5.75 Å². The summed E-state index contributed by atoms with van der Waals surface area (Å²) in [5.74, 6) is 0.805. The Morgan fingerprint density at radius 1 is 1.13 bits per heavy atom.